The molecule has 1 fully saturated rings. The number of ether oxygens (including phenoxy) is 3. The van der Waals surface area contributed by atoms with Gasteiger partial charge in [0.25, 0.3) is 5.91 Å². The first kappa shape index (κ1) is 23.8. The van der Waals surface area contributed by atoms with Gasteiger partial charge in [-0.25, -0.2) is 9.59 Å². The Labute approximate surface area is 209 Å². The number of likely N-dealkylation sites (tertiary alicyclic amines) is 1. The zero-order chi connectivity index (χ0) is 25.4. The van der Waals surface area contributed by atoms with Crippen molar-refractivity contribution in [3.05, 3.63) is 52.7 Å². The lowest BCUT2D eigenvalue weighted by Gasteiger charge is -2.14. The van der Waals surface area contributed by atoms with Crippen LogP contribution in [0.2, 0.25) is 0 Å². The third kappa shape index (κ3) is 4.38. The summed E-state index contributed by atoms with van der Waals surface area (Å²) in [5.74, 6) is 0.454. The van der Waals surface area contributed by atoms with Crippen LogP contribution in [0.1, 0.15) is 39.1 Å². The second-order valence-corrected chi connectivity index (χ2v) is 9.31. The number of hydrogen-bond donors (Lipinski definition) is 1. The fourth-order valence-electron chi connectivity index (χ4n) is 4.29. The SMILES string of the molecule is CCc1oc2cc(Oc3ccnc4cc(C(=O)N5CCC(OC)C5)sc34)ccc2c1C(=O)OC(N)=O. The number of carbonyl (C=O) groups is 3. The molecule has 5 rings (SSSR count). The summed E-state index contributed by atoms with van der Waals surface area (Å²) in [6.07, 6.45) is 1.72. The van der Waals surface area contributed by atoms with Crippen LogP contribution in [0.5, 0.6) is 11.5 Å². The van der Waals surface area contributed by atoms with Crippen LogP contribution in [-0.4, -0.2) is 54.2 Å². The molecule has 1 saturated heterocycles. The Bertz CT molecular complexity index is 1490. The first-order valence-corrected chi connectivity index (χ1v) is 12.1. The lowest BCUT2D eigenvalue weighted by molar-refractivity contribution is 0.0637. The van der Waals surface area contributed by atoms with Crippen molar-refractivity contribution in [3.63, 3.8) is 0 Å². The average molecular weight is 510 g/mol. The van der Waals surface area contributed by atoms with E-state index >= 15 is 0 Å². The number of hydrogen-bond acceptors (Lipinski definition) is 9. The van der Waals surface area contributed by atoms with Crippen LogP contribution in [0.4, 0.5) is 4.79 Å². The quantitative estimate of drug-likeness (QED) is 0.297. The highest BCUT2D eigenvalue weighted by molar-refractivity contribution is 7.21. The van der Waals surface area contributed by atoms with Gasteiger partial charge in [-0.15, -0.1) is 11.3 Å². The summed E-state index contributed by atoms with van der Waals surface area (Å²) in [6.45, 7) is 3.04. The predicted octanol–water partition coefficient (Wildman–Crippen LogP) is 4.49. The van der Waals surface area contributed by atoms with Crippen LogP contribution in [-0.2, 0) is 15.9 Å². The van der Waals surface area contributed by atoms with Gasteiger partial charge in [0, 0.05) is 50.3 Å². The number of furan rings is 1. The van der Waals surface area contributed by atoms with Crippen LogP contribution < -0.4 is 10.5 Å². The molecule has 4 aromatic rings. The molecular formula is C25H23N3O7S. The second kappa shape index (κ2) is 9.59. The highest BCUT2D eigenvalue weighted by Gasteiger charge is 2.28. The van der Waals surface area contributed by atoms with Crippen LogP contribution >= 0.6 is 11.3 Å². The van der Waals surface area contributed by atoms with E-state index in [4.69, 9.17) is 19.6 Å². The predicted molar refractivity (Wildman–Crippen MR) is 132 cm³/mol. The van der Waals surface area contributed by atoms with Crippen molar-refractivity contribution < 1.29 is 33.0 Å². The molecule has 3 aromatic heterocycles. The van der Waals surface area contributed by atoms with Crippen molar-refractivity contribution >= 4 is 50.5 Å². The molecule has 186 valence electrons. The van der Waals surface area contributed by atoms with Crippen molar-refractivity contribution in [2.75, 3.05) is 20.2 Å². The Morgan fingerprint density at radius 2 is 2.08 bits per heavy atom. The standard InChI is InChI=1S/C25H23N3O7S/c1-3-17-21(24(30)35-25(26)31)15-5-4-13(10-19(15)34-17)33-18-6-8-27-16-11-20(36-22(16)18)23(29)28-9-7-14(12-28)32-2/h4-6,8,10-11,14H,3,7,9,12H2,1-2H3,(H2,26,31). The Morgan fingerprint density at radius 1 is 1.25 bits per heavy atom. The molecule has 4 heterocycles. The van der Waals surface area contributed by atoms with Gasteiger partial charge < -0.3 is 29.3 Å². The van der Waals surface area contributed by atoms with Crippen LogP contribution in [0.25, 0.3) is 21.2 Å². The third-order valence-electron chi connectivity index (χ3n) is 6.03. The summed E-state index contributed by atoms with van der Waals surface area (Å²) >= 11 is 1.32. The van der Waals surface area contributed by atoms with E-state index in [1.807, 2.05) is 6.92 Å². The van der Waals surface area contributed by atoms with Gasteiger partial charge in [0.2, 0.25) is 0 Å². The lowest BCUT2D eigenvalue weighted by atomic mass is 10.1. The summed E-state index contributed by atoms with van der Waals surface area (Å²) in [5.41, 5.74) is 6.21. The third-order valence-corrected chi connectivity index (χ3v) is 7.16. The molecule has 0 bridgehead atoms. The summed E-state index contributed by atoms with van der Waals surface area (Å²) < 4.78 is 22.6. The molecule has 1 atom stereocenters. The number of aromatic nitrogens is 1. The summed E-state index contributed by atoms with van der Waals surface area (Å²) in [5, 5.41) is 0.481. The zero-order valence-corrected chi connectivity index (χ0v) is 20.4. The number of pyridine rings is 1. The summed E-state index contributed by atoms with van der Waals surface area (Å²) in [7, 11) is 1.66. The number of nitrogens with zero attached hydrogens (tertiary/aromatic N) is 2. The van der Waals surface area contributed by atoms with E-state index in [1.54, 1.807) is 48.5 Å². The van der Waals surface area contributed by atoms with Crippen molar-refractivity contribution in [1.82, 2.24) is 9.88 Å². The molecule has 0 radical (unpaired) electrons. The summed E-state index contributed by atoms with van der Waals surface area (Å²) in [6, 6.07) is 8.49. The monoisotopic (exact) mass is 509 g/mol. The highest BCUT2D eigenvalue weighted by Crippen LogP contribution is 2.37. The Hall–Kier alpha value is -3.96. The fraction of sp³-hybridized carbons (Fsp3) is 0.280. The number of primary amides is 1. The van der Waals surface area contributed by atoms with Crippen molar-refractivity contribution in [2.24, 2.45) is 5.73 Å². The van der Waals surface area contributed by atoms with Crippen LogP contribution in [0, 0.1) is 0 Å². The average Bonchev–Trinajstić information content (AvgIpc) is 3.59. The lowest BCUT2D eigenvalue weighted by Crippen LogP contribution is -2.29. The van der Waals surface area contributed by atoms with Gasteiger partial charge in [-0.05, 0) is 24.6 Å². The molecule has 1 aliphatic heterocycles. The van der Waals surface area contributed by atoms with Crippen LogP contribution in [0.15, 0.2) is 40.9 Å². The number of rotatable bonds is 6. The van der Waals surface area contributed by atoms with E-state index in [-0.39, 0.29) is 17.6 Å². The number of fused-ring (bicyclic) bond motifs is 2. The molecule has 0 aliphatic carbocycles. The van der Waals surface area contributed by atoms with E-state index in [2.05, 4.69) is 9.72 Å². The molecule has 11 heteroatoms. The van der Waals surface area contributed by atoms with Gasteiger partial charge in [-0.2, -0.15) is 0 Å². The second-order valence-electron chi connectivity index (χ2n) is 8.25. The molecule has 2 amide bonds. The minimum atomic E-state index is -1.19. The molecule has 0 spiro atoms. The van der Waals surface area contributed by atoms with Gasteiger partial charge in [0.1, 0.15) is 28.4 Å². The maximum atomic E-state index is 13.0. The first-order valence-electron chi connectivity index (χ1n) is 11.3. The Morgan fingerprint density at radius 3 is 2.81 bits per heavy atom. The molecule has 0 saturated carbocycles. The molecule has 36 heavy (non-hydrogen) atoms. The minimum absolute atomic E-state index is 0.0528. The largest absolute Gasteiger partial charge is 0.460 e. The number of benzene rings is 1. The molecule has 10 nitrogen and oxygen atoms in total. The van der Waals surface area contributed by atoms with Crippen LogP contribution in [0.3, 0.4) is 0 Å². The molecular weight excluding hydrogens is 486 g/mol. The maximum absolute atomic E-state index is 13.0. The van der Waals surface area contributed by atoms with Gasteiger partial charge >= 0.3 is 12.1 Å². The number of carbonyl (C=O) groups excluding carboxylic acids is 3. The number of thiophene rings is 1. The Balaban J connectivity index is 1.43. The van der Waals surface area contributed by atoms with E-state index in [0.29, 0.717) is 58.1 Å². The highest BCUT2D eigenvalue weighted by atomic mass is 32.1. The number of esters is 1. The van der Waals surface area contributed by atoms with Crippen molar-refractivity contribution in [1.29, 1.82) is 0 Å². The van der Waals surface area contributed by atoms with E-state index in [0.717, 1.165) is 11.1 Å². The number of methoxy groups -OCH3 is 1. The smallest absolute Gasteiger partial charge is 0.412 e. The topological polar surface area (TPSA) is 134 Å². The maximum Gasteiger partial charge on any atom is 0.412 e. The molecule has 1 aliphatic rings. The summed E-state index contributed by atoms with van der Waals surface area (Å²) in [4.78, 5) is 43.2. The molecule has 1 unspecified atom stereocenters. The number of amides is 2. The van der Waals surface area contributed by atoms with Crippen molar-refractivity contribution in [2.45, 2.75) is 25.9 Å². The molecule has 2 N–H and O–H groups in total. The van der Waals surface area contributed by atoms with E-state index in [9.17, 15) is 14.4 Å². The minimum Gasteiger partial charge on any atom is -0.460 e. The Kier molecular flexibility index (Phi) is 6.33. The van der Waals surface area contributed by atoms with E-state index < -0.39 is 12.1 Å². The first-order chi connectivity index (χ1) is 17.4. The fourth-order valence-corrected chi connectivity index (χ4v) is 5.33. The van der Waals surface area contributed by atoms with E-state index in [1.165, 1.54) is 11.3 Å². The van der Waals surface area contributed by atoms with Gasteiger partial charge in [-0.1, -0.05) is 6.92 Å². The van der Waals surface area contributed by atoms with Gasteiger partial charge in [0.05, 0.1) is 21.2 Å². The van der Waals surface area contributed by atoms with Gasteiger partial charge in [-0.3, -0.25) is 9.78 Å². The molecule has 1 aromatic carbocycles. The van der Waals surface area contributed by atoms with Crippen molar-refractivity contribution in [3.8, 4) is 11.5 Å². The number of aryl methyl sites for hydroxylation is 1. The zero-order valence-electron chi connectivity index (χ0n) is 19.6. The van der Waals surface area contributed by atoms with Gasteiger partial charge in [0.15, 0.2) is 0 Å². The normalized spacial score (nSPS) is 15.5. The number of nitrogens with two attached hydrogens (primary N) is 1.